The average Bonchev–Trinajstić information content (AvgIpc) is 3.00. The van der Waals surface area contributed by atoms with Gasteiger partial charge in [0, 0.05) is 61.1 Å². The van der Waals surface area contributed by atoms with Crippen molar-refractivity contribution in [2.45, 2.75) is 33.7 Å². The quantitative estimate of drug-likeness (QED) is 0.766. The number of nitrogens with zero attached hydrogens (tertiary/aromatic N) is 3. The molecule has 0 aliphatic carbocycles. The van der Waals surface area contributed by atoms with Crippen LogP contribution >= 0.6 is 0 Å². The molecule has 0 atom stereocenters. The van der Waals surface area contributed by atoms with Crippen LogP contribution in [0, 0.1) is 13.8 Å². The third-order valence-electron chi connectivity index (χ3n) is 5.40. The van der Waals surface area contributed by atoms with Crippen molar-refractivity contribution in [2.24, 2.45) is 0 Å². The molecule has 0 saturated carbocycles. The summed E-state index contributed by atoms with van der Waals surface area (Å²) in [4.78, 5) is 7.09. The largest absolute Gasteiger partial charge is 0.354 e. The van der Waals surface area contributed by atoms with Crippen LogP contribution in [0.15, 0.2) is 36.7 Å². The highest BCUT2D eigenvalue weighted by Gasteiger charge is 2.14. The van der Waals surface area contributed by atoms with Crippen molar-refractivity contribution in [3.05, 3.63) is 47.8 Å². The Bertz CT molecular complexity index is 915. The zero-order chi connectivity index (χ0) is 18.3. The van der Waals surface area contributed by atoms with E-state index in [0.717, 1.165) is 32.0 Å². The summed E-state index contributed by atoms with van der Waals surface area (Å²) in [7, 11) is 0. The lowest BCUT2D eigenvalue weighted by atomic mass is 10.0. The first-order chi connectivity index (χ1) is 12.5. The number of aryl methyl sites for hydroxylation is 2. The molecule has 0 unspecified atom stereocenters. The number of fused-ring (bicyclic) bond motifs is 1. The first kappa shape index (κ1) is 17.1. The van der Waals surface area contributed by atoms with Gasteiger partial charge in [-0.3, -0.25) is 0 Å². The minimum absolute atomic E-state index is 0.453. The van der Waals surface area contributed by atoms with Crippen LogP contribution < -0.4 is 10.2 Å². The molecule has 26 heavy (non-hydrogen) atoms. The molecule has 4 nitrogen and oxygen atoms in total. The molecule has 1 fully saturated rings. The van der Waals surface area contributed by atoms with E-state index in [2.05, 4.69) is 72.9 Å². The van der Waals surface area contributed by atoms with Gasteiger partial charge in [0.1, 0.15) is 5.82 Å². The maximum Gasteiger partial charge on any atom is 0.128 e. The van der Waals surface area contributed by atoms with Gasteiger partial charge in [0.05, 0.1) is 0 Å². The first-order valence-corrected chi connectivity index (χ1v) is 9.58. The third kappa shape index (κ3) is 2.99. The summed E-state index contributed by atoms with van der Waals surface area (Å²) in [5.41, 5.74) is 6.43. The number of aromatic nitrogens is 2. The van der Waals surface area contributed by atoms with E-state index in [9.17, 15) is 0 Å². The Balaban J connectivity index is 1.73. The zero-order valence-electron chi connectivity index (χ0n) is 16.2. The van der Waals surface area contributed by atoms with Gasteiger partial charge in [-0.15, -0.1) is 0 Å². The van der Waals surface area contributed by atoms with Crippen LogP contribution in [0.25, 0.3) is 22.0 Å². The molecule has 136 valence electrons. The summed E-state index contributed by atoms with van der Waals surface area (Å²) in [5.74, 6) is 1.08. The number of anilines is 1. The van der Waals surface area contributed by atoms with Gasteiger partial charge in [-0.1, -0.05) is 6.07 Å². The number of hydrogen-bond acceptors (Lipinski definition) is 3. The van der Waals surface area contributed by atoms with Crippen LogP contribution in [-0.2, 0) is 0 Å². The van der Waals surface area contributed by atoms with Gasteiger partial charge in [0.15, 0.2) is 0 Å². The summed E-state index contributed by atoms with van der Waals surface area (Å²) in [5, 5.41) is 4.77. The Kier molecular flexibility index (Phi) is 4.45. The van der Waals surface area contributed by atoms with Crippen LogP contribution in [0.2, 0.25) is 0 Å². The lowest BCUT2D eigenvalue weighted by Crippen LogP contribution is -2.43. The van der Waals surface area contributed by atoms with Crippen molar-refractivity contribution in [1.82, 2.24) is 14.9 Å². The molecule has 1 N–H and O–H groups in total. The van der Waals surface area contributed by atoms with Gasteiger partial charge in [-0.05, 0) is 62.6 Å². The Morgan fingerprint density at radius 3 is 2.42 bits per heavy atom. The Morgan fingerprint density at radius 2 is 1.77 bits per heavy atom. The molecule has 1 aliphatic heterocycles. The monoisotopic (exact) mass is 348 g/mol. The molecule has 3 heterocycles. The Labute approximate surface area is 155 Å². The summed E-state index contributed by atoms with van der Waals surface area (Å²) < 4.78 is 2.38. The maximum atomic E-state index is 4.74. The first-order valence-electron chi connectivity index (χ1n) is 9.58. The van der Waals surface area contributed by atoms with E-state index in [4.69, 9.17) is 4.98 Å². The number of hydrogen-bond donors (Lipinski definition) is 1. The minimum atomic E-state index is 0.453. The molecular weight excluding hydrogens is 320 g/mol. The predicted octanol–water partition coefficient (Wildman–Crippen LogP) is 4.31. The van der Waals surface area contributed by atoms with E-state index in [1.165, 1.54) is 33.2 Å². The van der Waals surface area contributed by atoms with E-state index >= 15 is 0 Å². The van der Waals surface area contributed by atoms with E-state index in [1.54, 1.807) is 0 Å². The second kappa shape index (κ2) is 6.76. The van der Waals surface area contributed by atoms with Crippen LogP contribution in [0.3, 0.4) is 0 Å². The van der Waals surface area contributed by atoms with Gasteiger partial charge in [0.2, 0.25) is 0 Å². The number of piperazine rings is 1. The van der Waals surface area contributed by atoms with Crippen molar-refractivity contribution in [2.75, 3.05) is 31.1 Å². The van der Waals surface area contributed by atoms with Crippen molar-refractivity contribution in [1.29, 1.82) is 0 Å². The highest BCUT2D eigenvalue weighted by atomic mass is 15.2. The second-order valence-corrected chi connectivity index (χ2v) is 7.64. The molecule has 4 rings (SSSR count). The molecule has 0 bridgehead atoms. The minimum Gasteiger partial charge on any atom is -0.354 e. The lowest BCUT2D eigenvalue weighted by Gasteiger charge is -2.28. The molecule has 1 aromatic carbocycles. The fourth-order valence-corrected chi connectivity index (χ4v) is 4.06. The smallest absolute Gasteiger partial charge is 0.128 e. The van der Waals surface area contributed by atoms with Gasteiger partial charge >= 0.3 is 0 Å². The van der Waals surface area contributed by atoms with Gasteiger partial charge in [0.25, 0.3) is 0 Å². The number of benzene rings is 1. The lowest BCUT2D eigenvalue weighted by molar-refractivity contribution is 0.585. The van der Waals surface area contributed by atoms with E-state index in [0.29, 0.717) is 6.04 Å². The summed E-state index contributed by atoms with van der Waals surface area (Å²) >= 11 is 0. The molecule has 4 heteroatoms. The highest BCUT2D eigenvalue weighted by Crippen LogP contribution is 2.32. The molecule has 0 spiro atoms. The molecular formula is C22H28N4. The van der Waals surface area contributed by atoms with E-state index in [-0.39, 0.29) is 0 Å². The third-order valence-corrected chi connectivity index (χ3v) is 5.40. The van der Waals surface area contributed by atoms with Gasteiger partial charge < -0.3 is 14.8 Å². The molecule has 3 aromatic rings. The fraction of sp³-hybridized carbons (Fsp3) is 0.409. The Morgan fingerprint density at radius 1 is 1.00 bits per heavy atom. The zero-order valence-corrected chi connectivity index (χ0v) is 16.2. The maximum absolute atomic E-state index is 4.74. The summed E-state index contributed by atoms with van der Waals surface area (Å²) in [6.07, 6.45) is 4.30. The average molecular weight is 348 g/mol. The van der Waals surface area contributed by atoms with Crippen LogP contribution in [-0.4, -0.2) is 35.7 Å². The predicted molar refractivity (Wildman–Crippen MR) is 110 cm³/mol. The number of rotatable bonds is 3. The normalized spacial score (nSPS) is 15.2. The molecule has 1 saturated heterocycles. The van der Waals surface area contributed by atoms with Gasteiger partial charge in [-0.2, -0.15) is 0 Å². The van der Waals surface area contributed by atoms with Gasteiger partial charge in [-0.25, -0.2) is 4.98 Å². The van der Waals surface area contributed by atoms with Crippen molar-refractivity contribution in [3.63, 3.8) is 0 Å². The summed E-state index contributed by atoms with van der Waals surface area (Å²) in [6.45, 7) is 13.0. The van der Waals surface area contributed by atoms with Crippen LogP contribution in [0.4, 0.5) is 5.82 Å². The molecule has 0 radical (unpaired) electrons. The fourth-order valence-electron chi connectivity index (χ4n) is 4.06. The van der Waals surface area contributed by atoms with E-state index in [1.807, 2.05) is 6.20 Å². The van der Waals surface area contributed by atoms with Crippen molar-refractivity contribution in [3.8, 4) is 11.1 Å². The van der Waals surface area contributed by atoms with Crippen molar-refractivity contribution >= 4 is 16.7 Å². The second-order valence-electron chi connectivity index (χ2n) is 7.64. The molecule has 2 aromatic heterocycles. The van der Waals surface area contributed by atoms with Crippen LogP contribution in [0.1, 0.15) is 31.0 Å². The molecule has 0 amide bonds. The highest BCUT2D eigenvalue weighted by molar-refractivity contribution is 5.91. The summed E-state index contributed by atoms with van der Waals surface area (Å²) in [6, 6.07) is 9.43. The molecule has 1 aliphatic rings. The standard InChI is InChI=1S/C22H28N4/c1-15(2)26-14-17(4)22-16(3)11-19(12-20(22)26)18-5-6-21(24-13-18)25-9-7-23-8-10-25/h5-6,11-15,23H,7-10H2,1-4H3. The van der Waals surface area contributed by atoms with Crippen LogP contribution in [0.5, 0.6) is 0 Å². The van der Waals surface area contributed by atoms with Crippen molar-refractivity contribution < 1.29 is 0 Å². The topological polar surface area (TPSA) is 33.1 Å². The van der Waals surface area contributed by atoms with E-state index < -0.39 is 0 Å². The number of pyridine rings is 1. The number of nitrogens with one attached hydrogen (secondary N) is 1. The Hall–Kier alpha value is -2.33. The SMILES string of the molecule is Cc1cc(-c2ccc(N3CCNCC3)nc2)cc2c1c(C)cn2C(C)C.